The van der Waals surface area contributed by atoms with Crippen LogP contribution in [0.15, 0.2) is 24.0 Å². The van der Waals surface area contributed by atoms with Crippen molar-refractivity contribution >= 4 is 23.1 Å². The van der Waals surface area contributed by atoms with Gasteiger partial charge in [-0.2, -0.15) is 11.8 Å². The van der Waals surface area contributed by atoms with Crippen LogP contribution >= 0.6 is 23.1 Å². The number of rotatable bonds is 5. The maximum Gasteiger partial charge on any atom is 0.143 e. The number of aromatic nitrogens is 3. The van der Waals surface area contributed by atoms with Crippen molar-refractivity contribution in [1.82, 2.24) is 20.3 Å². The molecular formula is C14H18N4S2. The van der Waals surface area contributed by atoms with Crippen molar-refractivity contribution in [2.24, 2.45) is 0 Å². The van der Waals surface area contributed by atoms with Gasteiger partial charge in [-0.05, 0) is 18.6 Å². The summed E-state index contributed by atoms with van der Waals surface area (Å²) in [5.41, 5.74) is 2.01. The number of hydrogen-bond donors (Lipinski definition) is 1. The van der Waals surface area contributed by atoms with Crippen LogP contribution in [0, 0.1) is 0 Å². The zero-order valence-corrected chi connectivity index (χ0v) is 12.9. The highest BCUT2D eigenvalue weighted by Crippen LogP contribution is 2.21. The molecule has 0 unspecified atom stereocenters. The van der Waals surface area contributed by atoms with Crippen molar-refractivity contribution in [1.29, 1.82) is 0 Å². The topological polar surface area (TPSA) is 50.7 Å². The van der Waals surface area contributed by atoms with Crippen molar-refractivity contribution in [2.75, 3.05) is 18.1 Å². The van der Waals surface area contributed by atoms with Crippen molar-refractivity contribution in [2.45, 2.75) is 25.3 Å². The van der Waals surface area contributed by atoms with Gasteiger partial charge in [0, 0.05) is 42.5 Å². The number of hydrogen-bond acceptors (Lipinski definition) is 6. The second-order valence-corrected chi connectivity index (χ2v) is 6.86. The van der Waals surface area contributed by atoms with E-state index in [0.29, 0.717) is 6.04 Å². The van der Waals surface area contributed by atoms with Crippen LogP contribution in [-0.2, 0) is 6.42 Å². The molecule has 0 spiro atoms. The van der Waals surface area contributed by atoms with Gasteiger partial charge in [-0.3, -0.25) is 9.97 Å². The fourth-order valence-electron chi connectivity index (χ4n) is 2.26. The van der Waals surface area contributed by atoms with Crippen LogP contribution < -0.4 is 5.32 Å². The highest BCUT2D eigenvalue weighted by Gasteiger charge is 2.13. The molecule has 0 bridgehead atoms. The summed E-state index contributed by atoms with van der Waals surface area (Å²) in [6.45, 7) is 1.01. The van der Waals surface area contributed by atoms with Gasteiger partial charge in [-0.25, -0.2) is 4.98 Å². The van der Waals surface area contributed by atoms with Crippen LogP contribution in [0.3, 0.4) is 0 Å². The Labute approximate surface area is 127 Å². The first kappa shape index (κ1) is 14.0. The molecule has 0 aliphatic carbocycles. The van der Waals surface area contributed by atoms with Crippen LogP contribution in [0.4, 0.5) is 0 Å². The Balaban J connectivity index is 1.50. The molecule has 0 saturated carbocycles. The summed E-state index contributed by atoms with van der Waals surface area (Å²) in [5.74, 6) is 2.58. The monoisotopic (exact) mass is 306 g/mol. The van der Waals surface area contributed by atoms with Crippen LogP contribution in [0.5, 0.6) is 0 Å². The van der Waals surface area contributed by atoms with E-state index in [2.05, 4.69) is 37.4 Å². The van der Waals surface area contributed by atoms with Crippen LogP contribution in [0.2, 0.25) is 0 Å². The number of thioether (sulfide) groups is 1. The standard InChI is InChI=1S/C14H18N4S2/c1-2-11(9-19-7-1)16-4-3-12-10-20-14(18-12)13-8-15-5-6-17-13/h5-6,8,10-11,16H,1-4,7,9H2/t11-/m1/s1. The van der Waals surface area contributed by atoms with Crippen LogP contribution in [0.1, 0.15) is 18.5 Å². The summed E-state index contributed by atoms with van der Waals surface area (Å²) in [7, 11) is 0. The molecule has 2 aromatic heterocycles. The molecule has 4 nitrogen and oxygen atoms in total. The number of thiazole rings is 1. The molecule has 0 amide bonds. The van der Waals surface area contributed by atoms with E-state index >= 15 is 0 Å². The minimum absolute atomic E-state index is 0.687. The number of nitrogens with one attached hydrogen (secondary N) is 1. The van der Waals surface area contributed by atoms with Gasteiger partial charge in [0.15, 0.2) is 0 Å². The molecule has 20 heavy (non-hydrogen) atoms. The normalized spacial score (nSPS) is 19.1. The quantitative estimate of drug-likeness (QED) is 0.920. The fourth-order valence-corrected chi connectivity index (χ4v) is 4.18. The lowest BCUT2D eigenvalue weighted by atomic mass is 10.2. The van der Waals surface area contributed by atoms with Gasteiger partial charge < -0.3 is 5.32 Å². The van der Waals surface area contributed by atoms with E-state index in [1.807, 2.05) is 0 Å². The summed E-state index contributed by atoms with van der Waals surface area (Å²) in [6.07, 6.45) is 8.80. The minimum atomic E-state index is 0.687. The predicted molar refractivity (Wildman–Crippen MR) is 85.2 cm³/mol. The van der Waals surface area contributed by atoms with Crippen molar-refractivity contribution in [3.63, 3.8) is 0 Å². The van der Waals surface area contributed by atoms with E-state index in [1.54, 1.807) is 29.9 Å². The second kappa shape index (κ2) is 7.15. The first-order valence-corrected chi connectivity index (χ1v) is 8.97. The summed E-state index contributed by atoms with van der Waals surface area (Å²) in [4.78, 5) is 13.0. The lowest BCUT2D eigenvalue weighted by molar-refractivity contribution is 0.510. The Morgan fingerprint density at radius 3 is 3.15 bits per heavy atom. The molecule has 1 saturated heterocycles. The molecule has 1 aliphatic heterocycles. The molecule has 3 rings (SSSR count). The zero-order valence-electron chi connectivity index (χ0n) is 11.3. The first-order chi connectivity index (χ1) is 9.92. The Kier molecular flexibility index (Phi) is 5.00. The van der Waals surface area contributed by atoms with Crippen LogP contribution in [-0.4, -0.2) is 39.0 Å². The van der Waals surface area contributed by atoms with E-state index in [4.69, 9.17) is 0 Å². The fraction of sp³-hybridized carbons (Fsp3) is 0.500. The summed E-state index contributed by atoms with van der Waals surface area (Å²) in [5, 5.41) is 6.72. The Hall–Kier alpha value is -0.980. The Morgan fingerprint density at radius 1 is 1.35 bits per heavy atom. The van der Waals surface area contributed by atoms with E-state index in [0.717, 1.165) is 29.4 Å². The van der Waals surface area contributed by atoms with Gasteiger partial charge in [-0.1, -0.05) is 0 Å². The molecule has 2 aromatic rings. The molecule has 3 heterocycles. The van der Waals surface area contributed by atoms with E-state index < -0.39 is 0 Å². The van der Waals surface area contributed by atoms with E-state index in [9.17, 15) is 0 Å². The molecule has 1 aliphatic rings. The van der Waals surface area contributed by atoms with Gasteiger partial charge >= 0.3 is 0 Å². The lowest BCUT2D eigenvalue weighted by Gasteiger charge is -2.22. The smallest absolute Gasteiger partial charge is 0.143 e. The molecule has 106 valence electrons. The molecule has 6 heteroatoms. The maximum absolute atomic E-state index is 4.63. The molecule has 1 fully saturated rings. The maximum atomic E-state index is 4.63. The summed E-state index contributed by atoms with van der Waals surface area (Å²) >= 11 is 3.70. The second-order valence-electron chi connectivity index (χ2n) is 4.85. The third-order valence-electron chi connectivity index (χ3n) is 3.31. The van der Waals surface area contributed by atoms with Crippen molar-refractivity contribution < 1.29 is 0 Å². The average molecular weight is 306 g/mol. The van der Waals surface area contributed by atoms with E-state index in [-0.39, 0.29) is 0 Å². The third-order valence-corrected chi connectivity index (χ3v) is 5.44. The zero-order chi connectivity index (χ0) is 13.6. The van der Waals surface area contributed by atoms with Gasteiger partial charge in [0.05, 0.1) is 11.9 Å². The van der Waals surface area contributed by atoms with Gasteiger partial charge in [0.1, 0.15) is 10.7 Å². The highest BCUT2D eigenvalue weighted by molar-refractivity contribution is 7.99. The van der Waals surface area contributed by atoms with Crippen LogP contribution in [0.25, 0.3) is 10.7 Å². The van der Waals surface area contributed by atoms with E-state index in [1.165, 1.54) is 24.3 Å². The first-order valence-electron chi connectivity index (χ1n) is 6.94. The SMILES string of the molecule is c1cnc(-c2nc(CCN[C@@H]3CCCSC3)cs2)cn1. The summed E-state index contributed by atoms with van der Waals surface area (Å²) < 4.78 is 0. The number of nitrogens with zero attached hydrogens (tertiary/aromatic N) is 3. The lowest BCUT2D eigenvalue weighted by Crippen LogP contribution is -2.35. The average Bonchev–Trinajstić information content (AvgIpc) is 2.98. The van der Waals surface area contributed by atoms with Gasteiger partial charge in [0.25, 0.3) is 0 Å². The van der Waals surface area contributed by atoms with Crippen molar-refractivity contribution in [3.8, 4) is 10.7 Å². The molecule has 1 N–H and O–H groups in total. The highest BCUT2D eigenvalue weighted by atomic mass is 32.2. The largest absolute Gasteiger partial charge is 0.313 e. The predicted octanol–water partition coefficient (Wildman–Crippen LogP) is 2.63. The third kappa shape index (κ3) is 3.77. The molecular weight excluding hydrogens is 288 g/mol. The Bertz CT molecular complexity index is 523. The minimum Gasteiger partial charge on any atom is -0.313 e. The summed E-state index contributed by atoms with van der Waals surface area (Å²) in [6, 6.07) is 0.687. The van der Waals surface area contributed by atoms with Crippen molar-refractivity contribution in [3.05, 3.63) is 29.7 Å². The molecule has 1 atom stereocenters. The molecule has 0 aromatic carbocycles. The Morgan fingerprint density at radius 2 is 2.35 bits per heavy atom. The molecule has 0 radical (unpaired) electrons. The van der Waals surface area contributed by atoms with Gasteiger partial charge in [0.2, 0.25) is 0 Å². The van der Waals surface area contributed by atoms with Gasteiger partial charge in [-0.15, -0.1) is 11.3 Å².